The van der Waals surface area contributed by atoms with Gasteiger partial charge < -0.3 is 24.5 Å². The summed E-state index contributed by atoms with van der Waals surface area (Å²) in [6, 6.07) is 4.14. The first kappa shape index (κ1) is 12.6. The molecular formula is C14H12O6. The summed E-state index contributed by atoms with van der Waals surface area (Å²) in [5.74, 6) is -0.322. The van der Waals surface area contributed by atoms with E-state index in [9.17, 15) is 20.1 Å². The van der Waals surface area contributed by atoms with Gasteiger partial charge >= 0.3 is 5.63 Å². The smallest absolute Gasteiger partial charge is 0.336 e. The van der Waals surface area contributed by atoms with Crippen molar-refractivity contribution in [2.24, 2.45) is 0 Å². The minimum Gasteiger partial charge on any atom is -0.508 e. The summed E-state index contributed by atoms with van der Waals surface area (Å²) in [5.41, 5.74) is -1.42. The Hall–Kier alpha value is -2.47. The van der Waals surface area contributed by atoms with Crippen LogP contribution in [0.5, 0.6) is 11.5 Å². The number of benzene rings is 1. The fourth-order valence-corrected chi connectivity index (χ4v) is 2.12. The SMILES string of the molecule is C[C@]1(CO)Oc2c(O)cc3ccc(=O)oc3c2C=C1O. The summed E-state index contributed by atoms with van der Waals surface area (Å²) in [7, 11) is 0. The van der Waals surface area contributed by atoms with Gasteiger partial charge in [0.05, 0.1) is 12.2 Å². The van der Waals surface area contributed by atoms with Crippen molar-refractivity contribution < 1.29 is 24.5 Å². The Bertz CT molecular complexity index is 788. The van der Waals surface area contributed by atoms with E-state index in [0.29, 0.717) is 5.39 Å². The molecule has 6 heteroatoms. The fraction of sp³-hybridized carbons (Fsp3) is 0.214. The molecule has 20 heavy (non-hydrogen) atoms. The molecule has 0 radical (unpaired) electrons. The number of fused-ring (bicyclic) bond motifs is 3. The number of aliphatic hydroxyl groups excluding tert-OH is 2. The maximum absolute atomic E-state index is 11.3. The van der Waals surface area contributed by atoms with Crippen molar-refractivity contribution >= 4 is 17.0 Å². The Labute approximate surface area is 113 Å². The maximum Gasteiger partial charge on any atom is 0.336 e. The molecular weight excluding hydrogens is 264 g/mol. The number of aromatic hydroxyl groups is 1. The van der Waals surface area contributed by atoms with Crippen LogP contribution in [0.15, 0.2) is 33.2 Å². The van der Waals surface area contributed by atoms with Gasteiger partial charge in [0.15, 0.2) is 17.1 Å². The average molecular weight is 276 g/mol. The zero-order valence-electron chi connectivity index (χ0n) is 10.6. The molecule has 1 aliphatic heterocycles. The molecule has 0 saturated carbocycles. The highest BCUT2D eigenvalue weighted by Gasteiger charge is 2.37. The normalized spacial score (nSPS) is 21.2. The Kier molecular flexibility index (Phi) is 2.52. The second-order valence-corrected chi connectivity index (χ2v) is 4.83. The van der Waals surface area contributed by atoms with Gasteiger partial charge in [0.1, 0.15) is 11.3 Å². The molecule has 0 fully saturated rings. The second-order valence-electron chi connectivity index (χ2n) is 4.83. The highest BCUT2D eigenvalue weighted by molar-refractivity contribution is 5.91. The van der Waals surface area contributed by atoms with Crippen LogP contribution in [0.3, 0.4) is 0 Å². The van der Waals surface area contributed by atoms with Gasteiger partial charge in [0.2, 0.25) is 0 Å². The number of phenols is 1. The summed E-state index contributed by atoms with van der Waals surface area (Å²) in [6.45, 7) is 1.01. The molecule has 1 aromatic carbocycles. The standard InChI is InChI=1S/C14H12O6/c1-14(6-15)10(17)5-8-12-7(2-3-11(18)19-12)4-9(16)13(8)20-14/h2-5,15-17H,6H2,1H3/t14-/m1/s1. The minimum atomic E-state index is -1.34. The molecule has 0 aliphatic carbocycles. The zero-order valence-corrected chi connectivity index (χ0v) is 10.6. The average Bonchev–Trinajstić information content (AvgIpc) is 2.42. The molecule has 2 heterocycles. The lowest BCUT2D eigenvalue weighted by molar-refractivity contribution is 0.0188. The first-order valence-corrected chi connectivity index (χ1v) is 5.95. The lowest BCUT2D eigenvalue weighted by Gasteiger charge is -2.32. The Morgan fingerprint density at radius 3 is 2.75 bits per heavy atom. The molecule has 1 aliphatic rings. The summed E-state index contributed by atoms with van der Waals surface area (Å²) in [4.78, 5) is 11.3. The van der Waals surface area contributed by atoms with E-state index in [0.717, 1.165) is 0 Å². The topological polar surface area (TPSA) is 100 Å². The molecule has 0 amide bonds. The molecule has 1 aromatic heterocycles. The number of rotatable bonds is 1. The lowest BCUT2D eigenvalue weighted by Crippen LogP contribution is -2.40. The van der Waals surface area contributed by atoms with Crippen molar-refractivity contribution in [1.29, 1.82) is 0 Å². The first-order valence-electron chi connectivity index (χ1n) is 5.95. The molecule has 0 bridgehead atoms. The van der Waals surface area contributed by atoms with Crippen molar-refractivity contribution in [3.05, 3.63) is 39.9 Å². The van der Waals surface area contributed by atoms with E-state index in [1.165, 1.54) is 31.2 Å². The van der Waals surface area contributed by atoms with Crippen LogP contribution >= 0.6 is 0 Å². The van der Waals surface area contributed by atoms with Gasteiger partial charge in [-0.3, -0.25) is 0 Å². The Morgan fingerprint density at radius 1 is 1.30 bits per heavy atom. The molecule has 0 saturated heterocycles. The number of hydrogen-bond acceptors (Lipinski definition) is 6. The van der Waals surface area contributed by atoms with Crippen molar-refractivity contribution in [1.82, 2.24) is 0 Å². The third kappa shape index (κ3) is 1.65. The largest absolute Gasteiger partial charge is 0.508 e. The van der Waals surface area contributed by atoms with Gasteiger partial charge in [0.25, 0.3) is 0 Å². The third-order valence-electron chi connectivity index (χ3n) is 3.33. The maximum atomic E-state index is 11.3. The van der Waals surface area contributed by atoms with Gasteiger partial charge in [-0.2, -0.15) is 0 Å². The Balaban J connectivity index is 2.38. The van der Waals surface area contributed by atoms with E-state index in [2.05, 4.69) is 0 Å². The van der Waals surface area contributed by atoms with Crippen molar-refractivity contribution in [2.75, 3.05) is 6.61 Å². The molecule has 1 atom stereocenters. The van der Waals surface area contributed by atoms with E-state index < -0.39 is 17.8 Å². The highest BCUT2D eigenvalue weighted by atomic mass is 16.5. The highest BCUT2D eigenvalue weighted by Crippen LogP contribution is 2.44. The van der Waals surface area contributed by atoms with E-state index in [1.54, 1.807) is 0 Å². The summed E-state index contributed by atoms with van der Waals surface area (Å²) < 4.78 is 10.6. The number of hydrogen-bond donors (Lipinski definition) is 3. The van der Waals surface area contributed by atoms with Crippen LogP contribution in [0.25, 0.3) is 17.0 Å². The van der Waals surface area contributed by atoms with Gasteiger partial charge in [-0.1, -0.05) is 0 Å². The number of aliphatic hydroxyl groups is 2. The van der Waals surface area contributed by atoms with Crippen LogP contribution in [-0.2, 0) is 0 Å². The predicted molar refractivity (Wildman–Crippen MR) is 70.9 cm³/mol. The Morgan fingerprint density at radius 2 is 2.05 bits per heavy atom. The fourth-order valence-electron chi connectivity index (χ4n) is 2.12. The minimum absolute atomic E-state index is 0.0567. The van der Waals surface area contributed by atoms with Crippen molar-refractivity contribution in [3.8, 4) is 11.5 Å². The zero-order chi connectivity index (χ0) is 14.5. The van der Waals surface area contributed by atoms with Crippen LogP contribution in [0.4, 0.5) is 0 Å². The summed E-state index contributed by atoms with van der Waals surface area (Å²) >= 11 is 0. The second kappa shape index (κ2) is 4.01. The van der Waals surface area contributed by atoms with Crippen LogP contribution in [0.1, 0.15) is 12.5 Å². The van der Waals surface area contributed by atoms with E-state index >= 15 is 0 Å². The number of phenolic OH excluding ortho intramolecular Hbond substituents is 1. The van der Waals surface area contributed by atoms with E-state index in [4.69, 9.17) is 9.15 Å². The van der Waals surface area contributed by atoms with E-state index in [1.807, 2.05) is 0 Å². The van der Waals surface area contributed by atoms with Crippen LogP contribution < -0.4 is 10.4 Å². The van der Waals surface area contributed by atoms with Crippen LogP contribution in [0, 0.1) is 0 Å². The molecule has 6 nitrogen and oxygen atoms in total. The third-order valence-corrected chi connectivity index (χ3v) is 3.33. The van der Waals surface area contributed by atoms with Crippen LogP contribution in [-0.4, -0.2) is 27.5 Å². The van der Waals surface area contributed by atoms with E-state index in [-0.39, 0.29) is 28.4 Å². The number of ether oxygens (including phenoxy) is 1. The van der Waals surface area contributed by atoms with Crippen LogP contribution in [0.2, 0.25) is 0 Å². The van der Waals surface area contributed by atoms with Gasteiger partial charge in [0, 0.05) is 11.5 Å². The molecule has 104 valence electrons. The van der Waals surface area contributed by atoms with Gasteiger partial charge in [-0.25, -0.2) is 4.79 Å². The summed E-state index contributed by atoms with van der Waals surface area (Å²) in [5, 5.41) is 29.8. The first-order chi connectivity index (χ1) is 9.44. The van der Waals surface area contributed by atoms with Crippen molar-refractivity contribution in [3.63, 3.8) is 0 Å². The lowest BCUT2D eigenvalue weighted by atomic mass is 9.97. The predicted octanol–water partition coefficient (Wildman–Crippen LogP) is 1.54. The quantitative estimate of drug-likeness (QED) is 0.683. The van der Waals surface area contributed by atoms with Gasteiger partial charge in [-0.15, -0.1) is 0 Å². The molecule has 2 aromatic rings. The molecule has 3 N–H and O–H groups in total. The molecule has 0 spiro atoms. The monoisotopic (exact) mass is 276 g/mol. The van der Waals surface area contributed by atoms with Crippen molar-refractivity contribution in [2.45, 2.75) is 12.5 Å². The van der Waals surface area contributed by atoms with Gasteiger partial charge in [-0.05, 0) is 25.1 Å². The summed E-state index contributed by atoms with van der Waals surface area (Å²) in [6.07, 6.45) is 1.32. The molecule has 3 rings (SSSR count). The molecule has 0 unspecified atom stereocenters.